The van der Waals surface area contributed by atoms with Gasteiger partial charge in [-0.05, 0) is 19.3 Å². The van der Waals surface area contributed by atoms with Crippen LogP contribution in [0.5, 0.6) is 0 Å². The maximum atomic E-state index is 10.5. The van der Waals surface area contributed by atoms with Gasteiger partial charge in [-0.15, -0.1) is 0 Å². The van der Waals surface area contributed by atoms with Crippen LogP contribution in [0.1, 0.15) is 32.1 Å². The first kappa shape index (κ1) is 14.5. The number of carbonyl (C=O) groups is 1. The Hall–Kier alpha value is -0.540. The molecule has 0 bridgehead atoms. The van der Waals surface area contributed by atoms with E-state index in [0.29, 0.717) is 5.70 Å². The molecule has 0 aromatic heterocycles. The van der Waals surface area contributed by atoms with Gasteiger partial charge in [0.25, 0.3) is 0 Å². The molecule has 0 aromatic rings. The zero-order chi connectivity index (χ0) is 12.8. The topological polar surface area (TPSA) is 102 Å². The lowest BCUT2D eigenvalue weighted by Gasteiger charge is -2.25. The van der Waals surface area contributed by atoms with Gasteiger partial charge in [0.1, 0.15) is 6.61 Å². The van der Waals surface area contributed by atoms with Crippen LogP contribution < -0.4 is 11.6 Å². The predicted molar refractivity (Wildman–Crippen MR) is 71.7 cm³/mol. The summed E-state index contributed by atoms with van der Waals surface area (Å²) in [6, 6.07) is 0. The van der Waals surface area contributed by atoms with Crippen molar-refractivity contribution in [2.45, 2.75) is 38.2 Å². The molecule has 6 nitrogen and oxygen atoms in total. The van der Waals surface area contributed by atoms with E-state index in [1.54, 1.807) is 0 Å². The number of allylic oxidation sites excluding steroid dienone is 1. The Morgan fingerprint density at radius 3 is 2.82 bits per heavy atom. The number of rotatable bonds is 4. The van der Waals surface area contributed by atoms with Crippen molar-refractivity contribution in [1.82, 2.24) is 3.22 Å². The summed E-state index contributed by atoms with van der Waals surface area (Å²) in [5.74, 6) is 4.72. The molecule has 0 aromatic carbocycles. The van der Waals surface area contributed by atoms with E-state index in [9.17, 15) is 4.79 Å². The monoisotopic (exact) mass is 355 g/mol. The third-order valence-corrected chi connectivity index (χ3v) is 3.31. The largest absolute Gasteiger partial charge is 0.480 e. The van der Waals surface area contributed by atoms with Gasteiger partial charge in [0, 0.05) is 0 Å². The lowest BCUT2D eigenvalue weighted by atomic mass is 9.99. The number of carboxylic acid groups (broad SMARTS) is 1. The molecule has 98 valence electrons. The van der Waals surface area contributed by atoms with Crippen molar-refractivity contribution in [3.63, 3.8) is 0 Å². The Morgan fingerprint density at radius 2 is 2.24 bits per heavy atom. The summed E-state index contributed by atoms with van der Waals surface area (Å²) in [4.78, 5) is 10.5. The molecule has 5 N–H and O–H groups in total. The van der Waals surface area contributed by atoms with Gasteiger partial charge in [-0.1, -0.05) is 12.8 Å². The van der Waals surface area contributed by atoms with Crippen LogP contribution in [0, 0.1) is 0 Å². The van der Waals surface area contributed by atoms with Crippen LogP contribution in [-0.2, 0) is 9.53 Å². The van der Waals surface area contributed by atoms with Gasteiger partial charge in [-0.2, -0.15) is 0 Å². The van der Waals surface area contributed by atoms with Crippen molar-refractivity contribution in [3.8, 4) is 0 Å². The minimum atomic E-state index is -0.986. The maximum Gasteiger partial charge on any atom is 0.329 e. The molecule has 0 radical (unpaired) electrons. The van der Waals surface area contributed by atoms with Crippen molar-refractivity contribution in [3.05, 3.63) is 11.4 Å². The predicted octanol–water partition coefficient (Wildman–Crippen LogP) is 1.12. The van der Waals surface area contributed by atoms with Crippen molar-refractivity contribution in [2.24, 2.45) is 11.6 Å². The summed E-state index contributed by atoms with van der Waals surface area (Å²) in [5.41, 5.74) is 7.41. The zero-order valence-electron chi connectivity index (χ0n) is 9.56. The second kappa shape index (κ2) is 7.02. The van der Waals surface area contributed by atoms with Crippen LogP contribution >= 0.6 is 22.9 Å². The van der Waals surface area contributed by atoms with E-state index in [2.05, 4.69) is 0 Å². The standard InChI is InChI=1S/C10H18IN3O3/c11-14(13)7-4-2-1-3-5-8(10(7)12)17-6-9(15)16/h8H,1-6,12-13H2,(H,15,16)/b10-7-. The van der Waals surface area contributed by atoms with Crippen molar-refractivity contribution in [2.75, 3.05) is 6.61 Å². The van der Waals surface area contributed by atoms with Gasteiger partial charge in [0.05, 0.1) is 40.4 Å². The van der Waals surface area contributed by atoms with Crippen LogP contribution in [0.15, 0.2) is 11.4 Å². The Labute approximate surface area is 114 Å². The van der Waals surface area contributed by atoms with E-state index in [1.807, 2.05) is 22.9 Å². The van der Waals surface area contributed by atoms with Crippen LogP contribution in [-0.4, -0.2) is 27.0 Å². The van der Waals surface area contributed by atoms with Gasteiger partial charge in [-0.3, -0.25) is 3.22 Å². The van der Waals surface area contributed by atoms with Gasteiger partial charge in [-0.25, -0.2) is 10.6 Å². The molecule has 0 amide bonds. The Morgan fingerprint density at radius 1 is 1.53 bits per heavy atom. The summed E-state index contributed by atoms with van der Waals surface area (Å²) in [6.07, 6.45) is 4.31. The average Bonchev–Trinajstić information content (AvgIpc) is 2.22. The van der Waals surface area contributed by atoms with Crippen molar-refractivity contribution < 1.29 is 14.6 Å². The SMILES string of the molecule is N/C1=C(\N(N)I)CCCCCC1OCC(=O)O. The Balaban J connectivity index is 2.78. The molecular weight excluding hydrogens is 337 g/mol. The summed E-state index contributed by atoms with van der Waals surface area (Å²) in [5, 5.41) is 8.61. The average molecular weight is 355 g/mol. The fourth-order valence-electron chi connectivity index (χ4n) is 1.86. The Bertz CT molecular complexity index is 307. The van der Waals surface area contributed by atoms with Gasteiger partial charge in [0.15, 0.2) is 0 Å². The molecule has 0 saturated heterocycles. The molecule has 0 fully saturated rings. The molecule has 1 rings (SSSR count). The first-order chi connectivity index (χ1) is 8.02. The first-order valence-corrected chi connectivity index (χ1v) is 6.51. The molecule has 0 spiro atoms. The number of aliphatic carboxylic acids is 1. The summed E-state index contributed by atoms with van der Waals surface area (Å²) in [6.45, 7) is -0.329. The molecule has 1 unspecified atom stereocenters. The van der Waals surface area contributed by atoms with Crippen LogP contribution in [0.4, 0.5) is 0 Å². The third kappa shape index (κ3) is 4.68. The van der Waals surface area contributed by atoms with Gasteiger partial charge >= 0.3 is 5.97 Å². The third-order valence-electron chi connectivity index (χ3n) is 2.73. The first-order valence-electron chi connectivity index (χ1n) is 5.55. The van der Waals surface area contributed by atoms with Crippen molar-refractivity contribution in [1.29, 1.82) is 0 Å². The van der Waals surface area contributed by atoms with E-state index >= 15 is 0 Å². The van der Waals surface area contributed by atoms with E-state index in [4.69, 9.17) is 21.4 Å². The normalized spacial score (nSPS) is 26.1. The highest BCUT2D eigenvalue weighted by atomic mass is 127. The van der Waals surface area contributed by atoms with E-state index in [0.717, 1.165) is 37.8 Å². The number of nitrogens with zero attached hydrogens (tertiary/aromatic N) is 1. The summed E-state index contributed by atoms with van der Waals surface area (Å²) in [7, 11) is 0. The summed E-state index contributed by atoms with van der Waals surface area (Å²) >= 11 is 1.96. The number of hydrogen-bond acceptors (Lipinski definition) is 5. The smallest absolute Gasteiger partial charge is 0.329 e. The van der Waals surface area contributed by atoms with Gasteiger partial charge < -0.3 is 15.6 Å². The second-order valence-electron chi connectivity index (χ2n) is 4.01. The molecular formula is C10H18IN3O3. The highest BCUT2D eigenvalue weighted by Crippen LogP contribution is 2.25. The molecule has 1 aliphatic carbocycles. The quantitative estimate of drug-likeness (QED) is 0.302. The number of hydrogen-bond donors (Lipinski definition) is 3. The van der Waals surface area contributed by atoms with Crippen LogP contribution in [0.2, 0.25) is 0 Å². The fourth-order valence-corrected chi connectivity index (χ4v) is 2.38. The number of hydrazine groups is 1. The molecule has 0 heterocycles. The number of halogens is 1. The lowest BCUT2D eigenvalue weighted by Crippen LogP contribution is -2.31. The van der Waals surface area contributed by atoms with Gasteiger partial charge in [0.2, 0.25) is 0 Å². The molecule has 7 heteroatoms. The molecule has 0 aliphatic heterocycles. The number of ether oxygens (including phenoxy) is 1. The van der Waals surface area contributed by atoms with Crippen LogP contribution in [0.3, 0.4) is 0 Å². The Kier molecular flexibility index (Phi) is 6.00. The molecule has 0 saturated carbocycles. The molecule has 1 aliphatic rings. The van der Waals surface area contributed by atoms with Crippen molar-refractivity contribution >= 4 is 28.8 Å². The van der Waals surface area contributed by atoms with E-state index in [-0.39, 0.29) is 12.7 Å². The fraction of sp³-hybridized carbons (Fsp3) is 0.700. The van der Waals surface area contributed by atoms with E-state index in [1.165, 1.54) is 3.22 Å². The minimum Gasteiger partial charge on any atom is -0.480 e. The maximum absolute atomic E-state index is 10.5. The molecule has 17 heavy (non-hydrogen) atoms. The van der Waals surface area contributed by atoms with E-state index < -0.39 is 5.97 Å². The number of nitrogens with two attached hydrogens (primary N) is 2. The minimum absolute atomic E-state index is 0.329. The highest BCUT2D eigenvalue weighted by Gasteiger charge is 2.21. The summed E-state index contributed by atoms with van der Waals surface area (Å²) < 4.78 is 6.77. The highest BCUT2D eigenvalue weighted by molar-refractivity contribution is 14.1. The molecule has 1 atom stereocenters. The second-order valence-corrected chi connectivity index (χ2v) is 5.05. The number of carboxylic acids is 1. The zero-order valence-corrected chi connectivity index (χ0v) is 11.7. The van der Waals surface area contributed by atoms with Crippen LogP contribution in [0.25, 0.3) is 0 Å². The lowest BCUT2D eigenvalue weighted by molar-refractivity contribution is -0.143.